The van der Waals surface area contributed by atoms with Crippen LogP contribution in [0.5, 0.6) is 0 Å². The summed E-state index contributed by atoms with van der Waals surface area (Å²) in [7, 11) is 1.25. The molecule has 2 aromatic carbocycles. The molecule has 0 saturated carbocycles. The molecule has 0 bridgehead atoms. The Labute approximate surface area is 209 Å². The number of piperazine rings is 1. The molecule has 3 aromatic rings. The molecule has 7 nitrogen and oxygen atoms in total. The Morgan fingerprint density at radius 1 is 1.00 bits per heavy atom. The van der Waals surface area contributed by atoms with Gasteiger partial charge >= 0.3 is 12.1 Å². The van der Waals surface area contributed by atoms with E-state index in [-0.39, 0.29) is 11.6 Å². The molecule has 0 radical (unpaired) electrons. The van der Waals surface area contributed by atoms with Crippen LogP contribution < -0.4 is 0 Å². The highest BCUT2D eigenvalue weighted by Crippen LogP contribution is 2.31. The molecular formula is C26H23F4N3O4. The molecule has 1 amide bonds. The SMILES string of the molecule is COC(=O)c1coc(CN2CCN(C(=O)C=C(c3ccc(F)cc3)c3ccc(C(F)(F)F)cc3)CC2)n1. The van der Waals surface area contributed by atoms with Crippen LogP contribution in [-0.2, 0) is 22.3 Å². The number of aromatic nitrogens is 1. The van der Waals surface area contributed by atoms with Gasteiger partial charge in [-0.2, -0.15) is 13.2 Å². The lowest BCUT2D eigenvalue weighted by Crippen LogP contribution is -2.47. The molecule has 194 valence electrons. The van der Waals surface area contributed by atoms with Crippen LogP contribution in [0.15, 0.2) is 65.3 Å². The van der Waals surface area contributed by atoms with Gasteiger partial charge in [0.1, 0.15) is 12.1 Å². The van der Waals surface area contributed by atoms with Crippen molar-refractivity contribution < 1.29 is 36.3 Å². The number of rotatable bonds is 6. The summed E-state index contributed by atoms with van der Waals surface area (Å²) in [6, 6.07) is 9.89. The van der Waals surface area contributed by atoms with Crippen molar-refractivity contribution in [2.45, 2.75) is 12.7 Å². The Hall–Kier alpha value is -3.99. The van der Waals surface area contributed by atoms with Crippen molar-refractivity contribution in [2.75, 3.05) is 33.3 Å². The van der Waals surface area contributed by atoms with Crippen molar-refractivity contribution >= 4 is 17.4 Å². The fraction of sp³-hybridized carbons (Fsp3) is 0.269. The second-order valence-electron chi connectivity index (χ2n) is 8.36. The minimum atomic E-state index is -4.49. The van der Waals surface area contributed by atoms with Gasteiger partial charge in [0.25, 0.3) is 0 Å². The fourth-order valence-corrected chi connectivity index (χ4v) is 3.92. The van der Waals surface area contributed by atoms with Gasteiger partial charge in [0.2, 0.25) is 11.8 Å². The molecule has 0 unspecified atom stereocenters. The molecule has 11 heteroatoms. The minimum absolute atomic E-state index is 0.0769. The molecule has 0 spiro atoms. The predicted molar refractivity (Wildman–Crippen MR) is 125 cm³/mol. The van der Waals surface area contributed by atoms with E-state index in [1.807, 2.05) is 4.90 Å². The summed E-state index contributed by atoms with van der Waals surface area (Å²) >= 11 is 0. The number of oxazole rings is 1. The zero-order valence-corrected chi connectivity index (χ0v) is 19.8. The Balaban J connectivity index is 1.47. The van der Waals surface area contributed by atoms with Crippen molar-refractivity contribution in [1.29, 1.82) is 0 Å². The number of carbonyl (C=O) groups excluding carboxylic acids is 2. The van der Waals surface area contributed by atoms with E-state index in [9.17, 15) is 27.2 Å². The third-order valence-electron chi connectivity index (χ3n) is 5.94. The second-order valence-corrected chi connectivity index (χ2v) is 8.36. The summed E-state index contributed by atoms with van der Waals surface area (Å²) in [6.45, 7) is 2.16. The quantitative estimate of drug-likeness (QED) is 0.274. The van der Waals surface area contributed by atoms with Gasteiger partial charge in [-0.1, -0.05) is 24.3 Å². The highest BCUT2D eigenvalue weighted by atomic mass is 19.4. The molecular weight excluding hydrogens is 494 g/mol. The fourth-order valence-electron chi connectivity index (χ4n) is 3.92. The van der Waals surface area contributed by atoms with Crippen molar-refractivity contribution in [2.24, 2.45) is 0 Å². The molecule has 4 rings (SSSR count). The third-order valence-corrected chi connectivity index (χ3v) is 5.94. The highest BCUT2D eigenvalue weighted by Gasteiger charge is 2.30. The van der Waals surface area contributed by atoms with Gasteiger partial charge in [0, 0.05) is 32.3 Å². The van der Waals surface area contributed by atoms with E-state index in [2.05, 4.69) is 9.72 Å². The first-order valence-corrected chi connectivity index (χ1v) is 11.3. The number of hydrogen-bond donors (Lipinski definition) is 0. The number of halogens is 4. The first-order valence-electron chi connectivity index (χ1n) is 11.3. The summed E-state index contributed by atoms with van der Waals surface area (Å²) in [6.07, 6.45) is -1.90. The summed E-state index contributed by atoms with van der Waals surface area (Å²) in [5.74, 6) is -1.03. The number of amides is 1. The standard InChI is InChI=1S/C26H23F4N3O4/c1-36-25(35)22-16-37-23(31-22)15-32-10-12-33(13-11-32)24(34)14-21(18-4-8-20(27)9-5-18)17-2-6-19(7-3-17)26(28,29)30/h2-9,14,16H,10-13,15H2,1H3. The van der Waals surface area contributed by atoms with Crippen LogP contribution in [0.3, 0.4) is 0 Å². The van der Waals surface area contributed by atoms with E-state index >= 15 is 0 Å². The Kier molecular flexibility index (Phi) is 7.72. The number of alkyl halides is 3. The van der Waals surface area contributed by atoms with Gasteiger partial charge in [-0.25, -0.2) is 14.2 Å². The summed E-state index contributed by atoms with van der Waals surface area (Å²) in [5, 5.41) is 0. The lowest BCUT2D eigenvalue weighted by Gasteiger charge is -2.33. The average molecular weight is 517 g/mol. The maximum Gasteiger partial charge on any atom is 0.416 e. The monoisotopic (exact) mass is 517 g/mol. The van der Waals surface area contributed by atoms with E-state index in [0.29, 0.717) is 55.3 Å². The van der Waals surface area contributed by atoms with E-state index < -0.39 is 23.5 Å². The molecule has 1 aromatic heterocycles. The van der Waals surface area contributed by atoms with E-state index in [1.165, 1.54) is 55.8 Å². The molecule has 0 N–H and O–H groups in total. The van der Waals surface area contributed by atoms with Crippen LogP contribution in [0, 0.1) is 5.82 Å². The van der Waals surface area contributed by atoms with E-state index in [4.69, 9.17) is 4.42 Å². The number of methoxy groups -OCH3 is 1. The average Bonchev–Trinajstić information content (AvgIpc) is 3.36. The molecule has 0 aliphatic carbocycles. The summed E-state index contributed by atoms with van der Waals surface area (Å²) in [5.41, 5.74) is 0.557. The molecule has 0 atom stereocenters. The van der Waals surface area contributed by atoms with Crippen molar-refractivity contribution in [3.05, 3.63) is 95.0 Å². The van der Waals surface area contributed by atoms with Gasteiger partial charge in [-0.15, -0.1) is 0 Å². The molecule has 37 heavy (non-hydrogen) atoms. The van der Waals surface area contributed by atoms with Crippen LogP contribution in [0.2, 0.25) is 0 Å². The van der Waals surface area contributed by atoms with Crippen LogP contribution in [0.1, 0.15) is 33.1 Å². The lowest BCUT2D eigenvalue weighted by atomic mass is 9.96. The molecule has 1 aliphatic rings. The number of benzene rings is 2. The maximum absolute atomic E-state index is 13.5. The Bertz CT molecular complexity index is 1280. The van der Waals surface area contributed by atoms with Crippen LogP contribution in [-0.4, -0.2) is 59.9 Å². The number of esters is 1. The van der Waals surface area contributed by atoms with Crippen LogP contribution in [0.4, 0.5) is 17.6 Å². The van der Waals surface area contributed by atoms with Gasteiger partial charge in [-0.05, 0) is 41.0 Å². The molecule has 1 fully saturated rings. The topological polar surface area (TPSA) is 75.9 Å². The Morgan fingerprint density at radius 2 is 1.59 bits per heavy atom. The van der Waals surface area contributed by atoms with E-state index in [1.54, 1.807) is 4.90 Å². The summed E-state index contributed by atoms with van der Waals surface area (Å²) < 4.78 is 62.4. The zero-order valence-electron chi connectivity index (χ0n) is 19.8. The smallest absolute Gasteiger partial charge is 0.416 e. The normalized spacial score (nSPS) is 15.1. The van der Waals surface area contributed by atoms with Gasteiger partial charge in [0.15, 0.2) is 5.69 Å². The van der Waals surface area contributed by atoms with Crippen molar-refractivity contribution in [1.82, 2.24) is 14.8 Å². The summed E-state index contributed by atoms with van der Waals surface area (Å²) in [4.78, 5) is 32.4. The number of hydrogen-bond acceptors (Lipinski definition) is 6. The minimum Gasteiger partial charge on any atom is -0.464 e. The predicted octanol–water partition coefficient (Wildman–Crippen LogP) is 4.40. The zero-order chi connectivity index (χ0) is 26.6. The van der Waals surface area contributed by atoms with Crippen LogP contribution in [0.25, 0.3) is 5.57 Å². The number of nitrogens with zero attached hydrogens (tertiary/aromatic N) is 3. The largest absolute Gasteiger partial charge is 0.464 e. The highest BCUT2D eigenvalue weighted by molar-refractivity contribution is 5.99. The first-order chi connectivity index (χ1) is 17.6. The molecule has 1 saturated heterocycles. The lowest BCUT2D eigenvalue weighted by molar-refractivity contribution is -0.137. The third kappa shape index (κ3) is 6.42. The second kappa shape index (κ2) is 11.0. The maximum atomic E-state index is 13.5. The van der Waals surface area contributed by atoms with Gasteiger partial charge in [-0.3, -0.25) is 9.69 Å². The van der Waals surface area contributed by atoms with Crippen LogP contribution >= 0.6 is 0 Å². The van der Waals surface area contributed by atoms with Crippen molar-refractivity contribution in [3.63, 3.8) is 0 Å². The molecule has 1 aliphatic heterocycles. The van der Waals surface area contributed by atoms with Crippen molar-refractivity contribution in [3.8, 4) is 0 Å². The van der Waals surface area contributed by atoms with Gasteiger partial charge < -0.3 is 14.1 Å². The Morgan fingerprint density at radius 3 is 2.16 bits per heavy atom. The van der Waals surface area contributed by atoms with Gasteiger partial charge in [0.05, 0.1) is 19.2 Å². The molecule has 2 heterocycles. The first kappa shape index (κ1) is 26.1. The number of ether oxygens (including phenoxy) is 1. The number of carbonyl (C=O) groups is 2. The van der Waals surface area contributed by atoms with E-state index in [0.717, 1.165) is 12.1 Å².